The molecule has 164 valence electrons. The number of ketones is 1. The average molecular weight is 442 g/mol. The van der Waals surface area contributed by atoms with Crippen molar-refractivity contribution in [1.29, 1.82) is 0 Å². The van der Waals surface area contributed by atoms with Crippen LogP contribution in [0.15, 0.2) is 60.9 Å². The van der Waals surface area contributed by atoms with Crippen LogP contribution in [-0.2, 0) is 6.18 Å². The first-order chi connectivity index (χ1) is 15.2. The summed E-state index contributed by atoms with van der Waals surface area (Å²) in [5.41, 5.74) is 5.12. The Morgan fingerprint density at radius 2 is 1.88 bits per heavy atom. The van der Waals surface area contributed by atoms with Crippen LogP contribution in [-0.4, -0.2) is 23.3 Å². The summed E-state index contributed by atoms with van der Waals surface area (Å²) >= 11 is 0. The first-order valence-electron chi connectivity index (χ1n) is 9.61. The summed E-state index contributed by atoms with van der Waals surface area (Å²) in [4.78, 5) is 27.0. The van der Waals surface area contributed by atoms with Gasteiger partial charge in [-0.1, -0.05) is 12.1 Å². The maximum atomic E-state index is 13.7. The highest BCUT2D eigenvalue weighted by Gasteiger charge is 2.37. The molecule has 0 radical (unpaired) electrons. The number of halogens is 3. The van der Waals surface area contributed by atoms with Gasteiger partial charge in [-0.3, -0.25) is 14.6 Å². The van der Waals surface area contributed by atoms with E-state index in [9.17, 15) is 22.8 Å². The Kier molecular flexibility index (Phi) is 5.56. The second-order valence-corrected chi connectivity index (χ2v) is 7.12. The van der Waals surface area contributed by atoms with Crippen molar-refractivity contribution >= 4 is 11.7 Å². The molecule has 1 aliphatic heterocycles. The van der Waals surface area contributed by atoms with Crippen molar-refractivity contribution in [1.82, 2.24) is 4.98 Å². The van der Waals surface area contributed by atoms with Gasteiger partial charge in [0.1, 0.15) is 17.6 Å². The first kappa shape index (κ1) is 21.4. The quantitative estimate of drug-likeness (QED) is 0.635. The van der Waals surface area contributed by atoms with Crippen molar-refractivity contribution in [3.05, 3.63) is 88.7 Å². The van der Waals surface area contributed by atoms with Gasteiger partial charge in [-0.15, -0.1) is 0 Å². The maximum absolute atomic E-state index is 13.7. The van der Waals surface area contributed by atoms with Crippen LogP contribution in [0.25, 0.3) is 0 Å². The van der Waals surface area contributed by atoms with Gasteiger partial charge in [-0.25, -0.2) is 0 Å². The van der Waals surface area contributed by atoms with Crippen LogP contribution in [0.3, 0.4) is 0 Å². The van der Waals surface area contributed by atoms with E-state index in [0.29, 0.717) is 16.9 Å². The molecule has 0 saturated heterocycles. The number of primary amides is 1. The van der Waals surface area contributed by atoms with E-state index in [2.05, 4.69) is 4.98 Å². The van der Waals surface area contributed by atoms with Gasteiger partial charge in [-0.05, 0) is 35.9 Å². The Morgan fingerprint density at radius 3 is 2.56 bits per heavy atom. The zero-order valence-corrected chi connectivity index (χ0v) is 16.6. The molecule has 6 nitrogen and oxygen atoms in total. The number of Topliss-reactive ketones (excluding diaryl/α,β-unsaturated/α-hetero) is 1. The number of amides is 1. The van der Waals surface area contributed by atoms with E-state index in [-0.39, 0.29) is 35.7 Å². The van der Waals surface area contributed by atoms with Gasteiger partial charge >= 0.3 is 6.18 Å². The van der Waals surface area contributed by atoms with Crippen molar-refractivity contribution in [3.8, 4) is 11.5 Å². The molecule has 0 saturated carbocycles. The molecule has 0 fully saturated rings. The third-order valence-electron chi connectivity index (χ3n) is 5.03. The molecule has 0 spiro atoms. The zero-order chi connectivity index (χ0) is 22.9. The van der Waals surface area contributed by atoms with Crippen LogP contribution in [0.1, 0.15) is 49.9 Å². The smallest absolute Gasteiger partial charge is 0.418 e. The van der Waals surface area contributed by atoms with Crippen LogP contribution in [0, 0.1) is 0 Å². The highest BCUT2D eigenvalue weighted by atomic mass is 19.4. The summed E-state index contributed by atoms with van der Waals surface area (Å²) in [7, 11) is 0. The second kappa shape index (κ2) is 8.33. The Balaban J connectivity index is 1.79. The number of ether oxygens (including phenoxy) is 2. The van der Waals surface area contributed by atoms with Gasteiger partial charge in [-0.2, -0.15) is 13.2 Å². The van der Waals surface area contributed by atoms with Crippen LogP contribution >= 0.6 is 0 Å². The molecule has 2 N–H and O–H groups in total. The highest BCUT2D eigenvalue weighted by molar-refractivity contribution is 5.99. The molecule has 1 amide bonds. The summed E-state index contributed by atoms with van der Waals surface area (Å²) in [6.07, 6.45) is -3.61. The fraction of sp³-hybridized carbons (Fsp3) is 0.174. The van der Waals surface area contributed by atoms with Gasteiger partial charge in [0, 0.05) is 36.0 Å². The Bertz CT molecular complexity index is 1180. The van der Waals surface area contributed by atoms with Crippen molar-refractivity contribution in [3.63, 3.8) is 0 Å². The number of hydrogen-bond donors (Lipinski definition) is 1. The fourth-order valence-electron chi connectivity index (χ4n) is 3.45. The van der Waals surface area contributed by atoms with E-state index < -0.39 is 23.8 Å². The Labute approximate surface area is 180 Å². The summed E-state index contributed by atoms with van der Waals surface area (Å²) in [6, 6.07) is 11.5. The molecule has 4 rings (SSSR count). The van der Waals surface area contributed by atoms with Crippen molar-refractivity contribution in [2.45, 2.75) is 18.7 Å². The number of benzene rings is 2. The van der Waals surface area contributed by atoms with Crippen LogP contribution in [0.5, 0.6) is 11.5 Å². The number of nitrogens with zero attached hydrogens (tertiary/aromatic N) is 1. The van der Waals surface area contributed by atoms with Crippen molar-refractivity contribution in [2.75, 3.05) is 6.61 Å². The van der Waals surface area contributed by atoms with Crippen LogP contribution in [0.4, 0.5) is 13.2 Å². The molecule has 0 bridgehead atoms. The number of alkyl halides is 3. The normalized spacial score (nSPS) is 14.3. The second-order valence-electron chi connectivity index (χ2n) is 7.12. The number of pyridine rings is 1. The molecule has 32 heavy (non-hydrogen) atoms. The minimum absolute atomic E-state index is 0.0788. The number of nitrogens with two attached hydrogens (primary N) is 1. The zero-order valence-electron chi connectivity index (χ0n) is 16.6. The van der Waals surface area contributed by atoms with E-state index in [0.717, 1.165) is 6.20 Å². The molecule has 2 heterocycles. The lowest BCUT2D eigenvalue weighted by Crippen LogP contribution is -2.18. The van der Waals surface area contributed by atoms with Gasteiger partial charge in [0.15, 0.2) is 5.78 Å². The molecule has 0 unspecified atom stereocenters. The number of rotatable bonds is 5. The van der Waals surface area contributed by atoms with E-state index in [1.165, 1.54) is 54.7 Å². The third-order valence-corrected chi connectivity index (χ3v) is 5.03. The lowest BCUT2D eigenvalue weighted by Gasteiger charge is -2.24. The Morgan fingerprint density at radius 1 is 1.12 bits per heavy atom. The van der Waals surface area contributed by atoms with E-state index in [4.69, 9.17) is 15.2 Å². The summed E-state index contributed by atoms with van der Waals surface area (Å²) < 4.78 is 52.6. The highest BCUT2D eigenvalue weighted by Crippen LogP contribution is 2.39. The van der Waals surface area contributed by atoms with Gasteiger partial charge < -0.3 is 15.2 Å². The third kappa shape index (κ3) is 4.27. The standard InChI is InChI=1S/C23H17F3N2O4/c24-23(25,26)18-12-28-9-7-16(18)21(13-1-3-14(4-2-13)22(27)30)32-15-5-6-17-19(29)8-10-31-20(17)11-15/h1-7,9,11-12,21H,8,10H2,(H2,27,30)/t21-/m1/s1. The van der Waals surface area contributed by atoms with E-state index in [1.54, 1.807) is 0 Å². The topological polar surface area (TPSA) is 91.5 Å². The molecule has 1 aromatic heterocycles. The predicted molar refractivity (Wildman–Crippen MR) is 108 cm³/mol. The number of aromatic nitrogens is 1. The van der Waals surface area contributed by atoms with Gasteiger partial charge in [0.2, 0.25) is 5.91 Å². The van der Waals surface area contributed by atoms with Crippen LogP contribution < -0.4 is 15.2 Å². The first-order valence-corrected chi connectivity index (χ1v) is 9.61. The monoisotopic (exact) mass is 442 g/mol. The minimum Gasteiger partial charge on any atom is -0.492 e. The molecule has 1 aliphatic rings. The SMILES string of the molecule is NC(=O)c1ccc([C@@H](Oc2ccc3c(c2)OCCC3=O)c2ccncc2C(F)(F)F)cc1. The minimum atomic E-state index is -4.66. The number of carbonyl (C=O) groups is 2. The van der Waals surface area contributed by atoms with Crippen molar-refractivity contribution < 1.29 is 32.2 Å². The Hall–Kier alpha value is -3.88. The van der Waals surface area contributed by atoms with E-state index in [1.807, 2.05) is 0 Å². The number of fused-ring (bicyclic) bond motifs is 1. The number of carbonyl (C=O) groups excluding carboxylic acids is 2. The summed E-state index contributed by atoms with van der Waals surface area (Å²) in [5.74, 6) is -0.213. The maximum Gasteiger partial charge on any atom is 0.418 e. The molecule has 2 aromatic carbocycles. The van der Waals surface area contributed by atoms with Crippen molar-refractivity contribution in [2.24, 2.45) is 5.73 Å². The van der Waals surface area contributed by atoms with Gasteiger partial charge in [0.05, 0.1) is 17.7 Å². The fourth-order valence-corrected chi connectivity index (χ4v) is 3.45. The average Bonchev–Trinajstić information content (AvgIpc) is 2.77. The largest absolute Gasteiger partial charge is 0.492 e. The van der Waals surface area contributed by atoms with Crippen LogP contribution in [0.2, 0.25) is 0 Å². The van der Waals surface area contributed by atoms with Gasteiger partial charge in [0.25, 0.3) is 0 Å². The molecule has 1 atom stereocenters. The lowest BCUT2D eigenvalue weighted by atomic mass is 9.96. The lowest BCUT2D eigenvalue weighted by molar-refractivity contribution is -0.139. The molecular formula is C23H17F3N2O4. The molecule has 3 aromatic rings. The summed E-state index contributed by atoms with van der Waals surface area (Å²) in [5, 5.41) is 0. The molecule has 9 heteroatoms. The summed E-state index contributed by atoms with van der Waals surface area (Å²) in [6.45, 7) is 0.218. The molecular weight excluding hydrogens is 425 g/mol. The number of hydrogen-bond acceptors (Lipinski definition) is 5. The van der Waals surface area contributed by atoms with E-state index >= 15 is 0 Å². The predicted octanol–water partition coefficient (Wildman–Crippen LogP) is 4.33. The molecule has 0 aliphatic carbocycles.